The lowest BCUT2D eigenvalue weighted by Crippen LogP contribution is -2.54. The first-order chi connectivity index (χ1) is 22.7. The standard InChI is InChI=1S/C36H49ClFN3O7/c1-23(2)41(25-10-8-14-40(21-25)35(44)48-36(3,4)5)34(43)29-20-32(47-17-9-16-45-6)28(19-30(29)37)27-18-24(11-12-31(27)38)33(42)39-15-13-26(22-39)46-7/h11-12,18-20,23,25-26H,8-10,13-17,21-22H2,1-7H3/t25-,26+/m1/s1. The first-order valence-electron chi connectivity index (χ1n) is 16.6. The third kappa shape index (κ3) is 9.18. The predicted molar refractivity (Wildman–Crippen MR) is 182 cm³/mol. The van der Waals surface area contributed by atoms with Gasteiger partial charge in [0.15, 0.2) is 0 Å². The van der Waals surface area contributed by atoms with Crippen molar-refractivity contribution in [2.24, 2.45) is 0 Å². The van der Waals surface area contributed by atoms with Crippen LogP contribution in [-0.2, 0) is 14.2 Å². The monoisotopic (exact) mass is 689 g/mol. The van der Waals surface area contributed by atoms with E-state index in [1.807, 2.05) is 34.6 Å². The molecule has 2 saturated heterocycles. The fraction of sp³-hybridized carbons (Fsp3) is 0.583. The van der Waals surface area contributed by atoms with Crippen molar-refractivity contribution < 1.29 is 37.7 Å². The predicted octanol–water partition coefficient (Wildman–Crippen LogP) is 6.67. The Morgan fingerprint density at radius 3 is 2.40 bits per heavy atom. The molecule has 0 saturated carbocycles. The number of hydrogen-bond acceptors (Lipinski definition) is 7. The van der Waals surface area contributed by atoms with E-state index >= 15 is 4.39 Å². The van der Waals surface area contributed by atoms with E-state index in [0.717, 1.165) is 6.42 Å². The van der Waals surface area contributed by atoms with Gasteiger partial charge in [-0.2, -0.15) is 0 Å². The Morgan fingerprint density at radius 2 is 1.75 bits per heavy atom. The van der Waals surface area contributed by atoms with Crippen LogP contribution in [0.3, 0.4) is 0 Å². The van der Waals surface area contributed by atoms with Crippen molar-refractivity contribution in [3.05, 3.63) is 52.3 Å². The lowest BCUT2D eigenvalue weighted by Gasteiger charge is -2.41. The fourth-order valence-corrected chi connectivity index (χ4v) is 6.46. The molecular weight excluding hydrogens is 641 g/mol. The van der Waals surface area contributed by atoms with Gasteiger partial charge in [-0.15, -0.1) is 0 Å². The van der Waals surface area contributed by atoms with E-state index in [0.29, 0.717) is 63.2 Å². The van der Waals surface area contributed by atoms with Crippen LogP contribution in [0.2, 0.25) is 5.02 Å². The van der Waals surface area contributed by atoms with Crippen molar-refractivity contribution >= 4 is 29.5 Å². The summed E-state index contributed by atoms with van der Waals surface area (Å²) in [4.78, 5) is 45.6. The molecule has 2 heterocycles. The molecule has 0 aromatic heterocycles. The van der Waals surface area contributed by atoms with E-state index in [1.54, 1.807) is 35.0 Å². The lowest BCUT2D eigenvalue weighted by molar-refractivity contribution is 0.00752. The molecule has 48 heavy (non-hydrogen) atoms. The highest BCUT2D eigenvalue weighted by Gasteiger charge is 2.35. The molecule has 0 spiro atoms. The van der Waals surface area contributed by atoms with Crippen LogP contribution < -0.4 is 4.74 Å². The van der Waals surface area contributed by atoms with Crippen molar-refractivity contribution in [1.29, 1.82) is 0 Å². The highest BCUT2D eigenvalue weighted by atomic mass is 35.5. The number of carbonyl (C=O) groups is 3. The summed E-state index contributed by atoms with van der Waals surface area (Å²) in [7, 11) is 3.21. The molecule has 12 heteroatoms. The Balaban J connectivity index is 1.68. The molecule has 0 N–H and O–H groups in total. The van der Waals surface area contributed by atoms with Crippen molar-refractivity contribution in [2.75, 3.05) is 53.6 Å². The molecule has 2 aromatic rings. The van der Waals surface area contributed by atoms with Crippen molar-refractivity contribution in [3.8, 4) is 16.9 Å². The van der Waals surface area contributed by atoms with E-state index in [2.05, 4.69) is 0 Å². The topological polar surface area (TPSA) is 97.8 Å². The summed E-state index contributed by atoms with van der Waals surface area (Å²) in [6, 6.07) is 6.81. The molecule has 0 radical (unpaired) electrons. The van der Waals surface area contributed by atoms with Crippen LogP contribution in [0, 0.1) is 5.82 Å². The molecule has 2 fully saturated rings. The van der Waals surface area contributed by atoms with Gasteiger partial charge in [-0.3, -0.25) is 9.59 Å². The van der Waals surface area contributed by atoms with Gasteiger partial charge in [0, 0.05) is 76.2 Å². The van der Waals surface area contributed by atoms with Gasteiger partial charge in [0.2, 0.25) is 0 Å². The average Bonchev–Trinajstić information content (AvgIpc) is 3.52. The molecule has 4 rings (SSSR count). The fourth-order valence-electron chi connectivity index (χ4n) is 6.22. The second-order valence-electron chi connectivity index (χ2n) is 13.6. The summed E-state index contributed by atoms with van der Waals surface area (Å²) >= 11 is 6.84. The second-order valence-corrected chi connectivity index (χ2v) is 14.1. The van der Waals surface area contributed by atoms with Crippen LogP contribution in [0.15, 0.2) is 30.3 Å². The largest absolute Gasteiger partial charge is 0.493 e. The first kappa shape index (κ1) is 37.4. The van der Waals surface area contributed by atoms with Gasteiger partial charge in [0.1, 0.15) is 17.2 Å². The van der Waals surface area contributed by atoms with E-state index in [1.165, 1.54) is 24.3 Å². The van der Waals surface area contributed by atoms with E-state index in [-0.39, 0.29) is 58.5 Å². The SMILES string of the molecule is COCCCOc1cc(C(=O)N(C(C)C)[C@@H]2CCCN(C(=O)OC(C)(C)C)C2)c(Cl)cc1-c1cc(C(=O)N2CC[C@H](OC)C2)ccc1F. The molecule has 264 valence electrons. The second kappa shape index (κ2) is 16.3. The summed E-state index contributed by atoms with van der Waals surface area (Å²) in [5, 5.41) is 0.114. The third-order valence-electron chi connectivity index (χ3n) is 8.55. The van der Waals surface area contributed by atoms with Gasteiger partial charge >= 0.3 is 6.09 Å². The van der Waals surface area contributed by atoms with Gasteiger partial charge < -0.3 is 33.6 Å². The Morgan fingerprint density at radius 1 is 1.00 bits per heavy atom. The minimum atomic E-state index is -0.639. The van der Waals surface area contributed by atoms with Gasteiger partial charge in [-0.25, -0.2) is 9.18 Å². The van der Waals surface area contributed by atoms with Gasteiger partial charge in [0.05, 0.1) is 29.3 Å². The summed E-state index contributed by atoms with van der Waals surface area (Å²) in [6.45, 7) is 11.9. The maximum atomic E-state index is 15.5. The highest BCUT2D eigenvalue weighted by molar-refractivity contribution is 6.34. The Labute approximate surface area is 288 Å². The van der Waals surface area contributed by atoms with E-state index in [9.17, 15) is 14.4 Å². The first-order valence-corrected chi connectivity index (χ1v) is 17.0. The summed E-state index contributed by atoms with van der Waals surface area (Å²) in [5.74, 6) is -0.860. The number of methoxy groups -OCH3 is 2. The molecule has 0 bridgehead atoms. The zero-order valence-electron chi connectivity index (χ0n) is 29.1. The maximum Gasteiger partial charge on any atom is 0.410 e. The van der Waals surface area contributed by atoms with Crippen LogP contribution in [0.5, 0.6) is 5.75 Å². The quantitative estimate of drug-likeness (QED) is 0.243. The zero-order valence-corrected chi connectivity index (χ0v) is 29.9. The zero-order chi connectivity index (χ0) is 35.2. The Bertz CT molecular complexity index is 1460. The molecule has 0 unspecified atom stereocenters. The van der Waals surface area contributed by atoms with Gasteiger partial charge in [-0.1, -0.05) is 11.6 Å². The number of amides is 3. The molecular formula is C36H49ClFN3O7. The number of halogens is 2. The molecule has 0 aliphatic carbocycles. The highest BCUT2D eigenvalue weighted by Crippen LogP contribution is 2.38. The smallest absolute Gasteiger partial charge is 0.410 e. The minimum Gasteiger partial charge on any atom is -0.493 e. The molecule has 10 nitrogen and oxygen atoms in total. The molecule has 3 amide bonds. The third-order valence-corrected chi connectivity index (χ3v) is 8.86. The number of hydrogen-bond donors (Lipinski definition) is 0. The number of ether oxygens (including phenoxy) is 4. The normalized spacial score (nSPS) is 18.3. The van der Waals surface area contributed by atoms with E-state index in [4.69, 9.17) is 30.5 Å². The van der Waals surface area contributed by atoms with Gasteiger partial charge in [-0.05, 0) is 84.2 Å². The number of nitrogens with zero attached hydrogens (tertiary/aromatic N) is 3. The molecule has 2 atom stereocenters. The van der Waals surface area contributed by atoms with Crippen LogP contribution in [0.25, 0.3) is 11.1 Å². The average molecular weight is 690 g/mol. The minimum absolute atomic E-state index is 0.0377. The molecule has 2 aromatic carbocycles. The summed E-state index contributed by atoms with van der Waals surface area (Å²) < 4.78 is 37.9. The van der Waals surface area contributed by atoms with Crippen molar-refractivity contribution in [2.45, 2.75) is 84.1 Å². The Hall–Kier alpha value is -3.41. The van der Waals surface area contributed by atoms with E-state index < -0.39 is 17.5 Å². The number of piperidine rings is 1. The van der Waals surface area contributed by atoms with Gasteiger partial charge in [0.25, 0.3) is 11.8 Å². The summed E-state index contributed by atoms with van der Waals surface area (Å²) in [5.41, 5.74) is 0.331. The van der Waals surface area contributed by atoms with Crippen LogP contribution in [-0.4, -0.2) is 110 Å². The van der Waals surface area contributed by atoms with Crippen molar-refractivity contribution in [3.63, 3.8) is 0 Å². The Kier molecular flexibility index (Phi) is 12.7. The van der Waals surface area contributed by atoms with Crippen LogP contribution >= 0.6 is 11.6 Å². The number of rotatable bonds is 11. The number of carbonyl (C=O) groups excluding carboxylic acids is 3. The maximum absolute atomic E-state index is 15.5. The summed E-state index contributed by atoms with van der Waals surface area (Å²) in [6.07, 6.45) is 2.24. The molecule has 2 aliphatic rings. The number of benzene rings is 2. The van der Waals surface area contributed by atoms with Crippen LogP contribution in [0.1, 0.15) is 81.0 Å². The van der Waals surface area contributed by atoms with Crippen LogP contribution in [0.4, 0.5) is 9.18 Å². The van der Waals surface area contributed by atoms with Crippen molar-refractivity contribution in [1.82, 2.24) is 14.7 Å². The lowest BCUT2D eigenvalue weighted by atomic mass is 9.97. The number of likely N-dealkylation sites (tertiary alicyclic amines) is 2. The molecule has 2 aliphatic heterocycles.